The van der Waals surface area contributed by atoms with Gasteiger partial charge in [-0.15, -0.1) is 0 Å². The lowest BCUT2D eigenvalue weighted by atomic mass is 10.2. The summed E-state index contributed by atoms with van der Waals surface area (Å²) >= 11 is 0. The highest BCUT2D eigenvalue weighted by molar-refractivity contribution is 7.61. The highest BCUT2D eigenvalue weighted by Gasteiger charge is 2.21. The monoisotopic (exact) mass is 238 g/mol. The van der Waals surface area contributed by atoms with E-state index in [9.17, 15) is 4.57 Å². The molecule has 1 rings (SSSR count). The average Bonchev–Trinajstić information content (AvgIpc) is 2.17. The zero-order valence-corrected chi connectivity index (χ0v) is 11.0. The first kappa shape index (κ1) is 13.2. The zero-order valence-electron chi connectivity index (χ0n) is 10.1. The molecule has 0 amide bonds. The van der Waals surface area contributed by atoms with Crippen LogP contribution in [0.25, 0.3) is 0 Å². The van der Waals surface area contributed by atoms with E-state index in [-0.39, 0.29) is 6.10 Å². The van der Waals surface area contributed by atoms with E-state index in [2.05, 4.69) is 0 Å². The molecule has 0 radical (unpaired) electrons. The van der Waals surface area contributed by atoms with Gasteiger partial charge in [0.15, 0.2) is 0 Å². The number of hydrogen-bond donors (Lipinski definition) is 0. The van der Waals surface area contributed by atoms with Crippen LogP contribution in [0.5, 0.6) is 0 Å². The maximum Gasteiger partial charge on any atom is 0.229 e. The van der Waals surface area contributed by atoms with Gasteiger partial charge in [-0.05, 0) is 32.2 Å². The average molecular weight is 238 g/mol. The van der Waals surface area contributed by atoms with E-state index < -0.39 is 7.37 Å². The molecular weight excluding hydrogens is 219 g/mol. The van der Waals surface area contributed by atoms with Crippen LogP contribution >= 0.6 is 7.37 Å². The van der Waals surface area contributed by atoms with E-state index >= 15 is 0 Å². The Morgan fingerprint density at radius 3 is 2.44 bits per heavy atom. The first-order valence-electron chi connectivity index (χ1n) is 5.50. The Kier molecular flexibility index (Phi) is 4.98. The fourth-order valence-electron chi connectivity index (χ4n) is 1.55. The summed E-state index contributed by atoms with van der Waals surface area (Å²) in [6.07, 6.45) is 2.24. The molecule has 0 aliphatic carbocycles. The minimum Gasteiger partial charge on any atom is -0.323 e. The second-order valence-corrected chi connectivity index (χ2v) is 6.28. The standard InChI is InChI=1S/C13H19O2P/c1-4-10-16(14,15-12(2)3)11-13-8-6-5-7-9-13/h4-10,12H,11H2,1-3H3. The SMILES string of the molecule is CC=CP(=O)(Cc1ccccc1)OC(C)C. The van der Waals surface area contributed by atoms with Crippen molar-refractivity contribution in [3.05, 3.63) is 47.8 Å². The molecule has 0 N–H and O–H groups in total. The van der Waals surface area contributed by atoms with Gasteiger partial charge in [0.1, 0.15) is 0 Å². The van der Waals surface area contributed by atoms with Gasteiger partial charge >= 0.3 is 0 Å². The van der Waals surface area contributed by atoms with Crippen LogP contribution in [-0.2, 0) is 15.3 Å². The molecule has 3 heteroatoms. The van der Waals surface area contributed by atoms with Gasteiger partial charge in [0, 0.05) is 0 Å². The Balaban J connectivity index is 2.83. The third-order valence-corrected chi connectivity index (χ3v) is 4.35. The molecule has 1 unspecified atom stereocenters. The molecule has 16 heavy (non-hydrogen) atoms. The summed E-state index contributed by atoms with van der Waals surface area (Å²) < 4.78 is 18.0. The van der Waals surface area contributed by atoms with Crippen LogP contribution in [0.3, 0.4) is 0 Å². The Morgan fingerprint density at radius 2 is 1.94 bits per heavy atom. The number of benzene rings is 1. The predicted molar refractivity (Wildman–Crippen MR) is 68.8 cm³/mol. The topological polar surface area (TPSA) is 26.3 Å². The van der Waals surface area contributed by atoms with E-state index in [0.29, 0.717) is 6.16 Å². The van der Waals surface area contributed by atoms with E-state index in [0.717, 1.165) is 5.56 Å². The Hall–Kier alpha value is -0.850. The molecule has 0 aromatic heterocycles. The van der Waals surface area contributed by atoms with Crippen LogP contribution in [0.2, 0.25) is 0 Å². The second-order valence-electron chi connectivity index (χ2n) is 4.01. The number of rotatable bonds is 5. The van der Waals surface area contributed by atoms with Crippen LogP contribution < -0.4 is 0 Å². The third-order valence-electron chi connectivity index (χ3n) is 2.01. The molecular formula is C13H19O2P. The van der Waals surface area contributed by atoms with E-state index in [1.54, 1.807) is 11.9 Å². The fourth-order valence-corrected chi connectivity index (χ4v) is 3.68. The van der Waals surface area contributed by atoms with Crippen LogP contribution in [-0.4, -0.2) is 6.10 Å². The predicted octanol–water partition coefficient (Wildman–Crippen LogP) is 4.42. The van der Waals surface area contributed by atoms with E-state index in [4.69, 9.17) is 4.52 Å². The van der Waals surface area contributed by atoms with Crippen molar-refractivity contribution >= 4 is 7.37 Å². The lowest BCUT2D eigenvalue weighted by Gasteiger charge is -2.17. The molecule has 1 aromatic carbocycles. The molecule has 0 spiro atoms. The highest BCUT2D eigenvalue weighted by atomic mass is 31.2. The summed E-state index contributed by atoms with van der Waals surface area (Å²) in [6.45, 7) is 5.67. The van der Waals surface area contributed by atoms with Crippen molar-refractivity contribution < 1.29 is 9.09 Å². The van der Waals surface area contributed by atoms with Crippen LogP contribution in [0.1, 0.15) is 26.3 Å². The summed E-state index contributed by atoms with van der Waals surface area (Å²) in [5.41, 5.74) is 1.05. The Bertz CT molecular complexity index is 382. The van der Waals surface area contributed by atoms with E-state index in [1.165, 1.54) is 0 Å². The Labute approximate surface area is 97.8 Å². The number of allylic oxidation sites excluding steroid dienone is 1. The molecule has 0 heterocycles. The normalized spacial score (nSPS) is 15.5. The smallest absolute Gasteiger partial charge is 0.229 e. The molecule has 1 aromatic rings. The molecule has 2 nitrogen and oxygen atoms in total. The second kappa shape index (κ2) is 6.03. The molecule has 88 valence electrons. The molecule has 1 atom stereocenters. The van der Waals surface area contributed by atoms with Crippen molar-refractivity contribution in [1.29, 1.82) is 0 Å². The fraction of sp³-hybridized carbons (Fsp3) is 0.385. The highest BCUT2D eigenvalue weighted by Crippen LogP contribution is 2.52. The van der Waals surface area contributed by atoms with Gasteiger partial charge in [-0.25, -0.2) is 0 Å². The van der Waals surface area contributed by atoms with Crippen molar-refractivity contribution in [2.24, 2.45) is 0 Å². The van der Waals surface area contributed by atoms with Gasteiger partial charge in [-0.1, -0.05) is 36.4 Å². The number of hydrogen-bond acceptors (Lipinski definition) is 2. The van der Waals surface area contributed by atoms with Crippen LogP contribution in [0, 0.1) is 0 Å². The minimum absolute atomic E-state index is 0.0225. The summed E-state index contributed by atoms with van der Waals surface area (Å²) in [5.74, 6) is 1.69. The van der Waals surface area contributed by atoms with Gasteiger partial charge in [0.05, 0.1) is 12.3 Å². The molecule has 0 saturated heterocycles. The summed E-state index contributed by atoms with van der Waals surface area (Å²) in [5, 5.41) is 0. The van der Waals surface area contributed by atoms with Crippen molar-refractivity contribution in [3.63, 3.8) is 0 Å². The van der Waals surface area contributed by atoms with Gasteiger partial charge in [-0.2, -0.15) is 0 Å². The van der Waals surface area contributed by atoms with Crippen molar-refractivity contribution in [2.45, 2.75) is 33.0 Å². The zero-order chi connectivity index (χ0) is 12.0. The van der Waals surface area contributed by atoms with Crippen LogP contribution in [0.15, 0.2) is 42.2 Å². The maximum atomic E-state index is 12.5. The molecule has 0 saturated carbocycles. The lowest BCUT2D eigenvalue weighted by Crippen LogP contribution is -2.01. The summed E-state index contributed by atoms with van der Waals surface area (Å²) in [4.78, 5) is 0. The van der Waals surface area contributed by atoms with Gasteiger partial charge in [0.25, 0.3) is 0 Å². The lowest BCUT2D eigenvalue weighted by molar-refractivity contribution is 0.247. The summed E-state index contributed by atoms with van der Waals surface area (Å²) in [7, 11) is -2.68. The van der Waals surface area contributed by atoms with Gasteiger partial charge in [0.2, 0.25) is 7.37 Å². The molecule has 0 fully saturated rings. The maximum absolute atomic E-state index is 12.5. The van der Waals surface area contributed by atoms with Gasteiger partial charge in [-0.3, -0.25) is 4.57 Å². The quantitative estimate of drug-likeness (QED) is 0.709. The largest absolute Gasteiger partial charge is 0.323 e. The van der Waals surface area contributed by atoms with Crippen molar-refractivity contribution in [1.82, 2.24) is 0 Å². The molecule has 0 bridgehead atoms. The Morgan fingerprint density at radius 1 is 1.31 bits per heavy atom. The van der Waals surface area contributed by atoms with Crippen molar-refractivity contribution in [3.8, 4) is 0 Å². The van der Waals surface area contributed by atoms with Gasteiger partial charge < -0.3 is 4.52 Å². The van der Waals surface area contributed by atoms with Crippen molar-refractivity contribution in [2.75, 3.05) is 0 Å². The molecule has 0 aliphatic rings. The first-order chi connectivity index (χ1) is 7.56. The molecule has 0 aliphatic heterocycles. The summed E-state index contributed by atoms with van der Waals surface area (Å²) in [6, 6.07) is 9.79. The minimum atomic E-state index is -2.68. The van der Waals surface area contributed by atoms with Crippen LogP contribution in [0.4, 0.5) is 0 Å². The third kappa shape index (κ3) is 4.34. The first-order valence-corrected chi connectivity index (χ1v) is 7.38. The van der Waals surface area contributed by atoms with E-state index in [1.807, 2.05) is 51.1 Å².